The highest BCUT2D eigenvalue weighted by atomic mass is 16.5. The molecule has 0 aromatic heterocycles. The average Bonchev–Trinajstić information content (AvgIpc) is 2.83. The van der Waals surface area contributed by atoms with Crippen molar-refractivity contribution in [3.05, 3.63) is 84.4 Å². The van der Waals surface area contributed by atoms with Gasteiger partial charge in [-0.1, -0.05) is 30.3 Å². The Labute approximate surface area is 186 Å². The van der Waals surface area contributed by atoms with E-state index < -0.39 is 18.2 Å². The summed E-state index contributed by atoms with van der Waals surface area (Å²) in [5.41, 5.74) is 1.97. The van der Waals surface area contributed by atoms with Gasteiger partial charge >= 0.3 is 12.1 Å². The number of ether oxygens (including phenoxy) is 3. The Morgan fingerprint density at radius 2 is 1.28 bits per heavy atom. The summed E-state index contributed by atoms with van der Waals surface area (Å²) in [5, 5.41) is 8.25. The molecule has 8 heteroatoms. The predicted molar refractivity (Wildman–Crippen MR) is 122 cm³/mol. The van der Waals surface area contributed by atoms with Gasteiger partial charge in [-0.25, -0.2) is 9.59 Å². The number of carbonyl (C=O) groups excluding carboxylic acids is 2. The first-order valence-corrected chi connectivity index (χ1v) is 9.91. The molecule has 3 aromatic rings. The molecule has 0 unspecified atom stereocenters. The van der Waals surface area contributed by atoms with E-state index in [1.54, 1.807) is 62.8 Å². The van der Waals surface area contributed by atoms with Crippen molar-refractivity contribution in [2.75, 3.05) is 31.5 Å². The minimum absolute atomic E-state index is 0.0535. The van der Waals surface area contributed by atoms with Gasteiger partial charge in [0.05, 0.1) is 20.3 Å². The predicted octanol–water partition coefficient (Wildman–Crippen LogP) is 4.82. The van der Waals surface area contributed by atoms with Crippen molar-refractivity contribution >= 4 is 23.5 Å². The second kappa shape index (κ2) is 11.3. The first-order chi connectivity index (χ1) is 15.6. The average molecular weight is 435 g/mol. The van der Waals surface area contributed by atoms with Crippen molar-refractivity contribution in [3.63, 3.8) is 0 Å². The number of methoxy groups -OCH3 is 2. The zero-order valence-electron chi connectivity index (χ0n) is 17.8. The summed E-state index contributed by atoms with van der Waals surface area (Å²) in [5.74, 6) is 1.37. The molecule has 3 aromatic carbocycles. The first kappa shape index (κ1) is 22.5. The molecule has 3 rings (SSSR count). The van der Waals surface area contributed by atoms with Crippen molar-refractivity contribution in [3.8, 4) is 11.5 Å². The lowest BCUT2D eigenvalue weighted by Gasteiger charge is -2.20. The summed E-state index contributed by atoms with van der Waals surface area (Å²) in [6, 6.07) is 22.1. The van der Waals surface area contributed by atoms with Crippen LogP contribution in [-0.2, 0) is 4.74 Å². The molecule has 0 bridgehead atoms. The van der Waals surface area contributed by atoms with Crippen LogP contribution in [0.1, 0.15) is 11.6 Å². The lowest BCUT2D eigenvalue weighted by Crippen LogP contribution is -2.35. The van der Waals surface area contributed by atoms with Crippen molar-refractivity contribution < 1.29 is 23.8 Å². The number of hydrogen-bond donors (Lipinski definition) is 3. The Kier molecular flexibility index (Phi) is 7.91. The van der Waals surface area contributed by atoms with Gasteiger partial charge in [-0.3, -0.25) is 5.32 Å². The zero-order valence-corrected chi connectivity index (χ0v) is 17.8. The molecule has 0 aliphatic heterocycles. The van der Waals surface area contributed by atoms with E-state index in [1.807, 2.05) is 30.3 Å². The van der Waals surface area contributed by atoms with Crippen LogP contribution in [-0.4, -0.2) is 33.0 Å². The number of anilines is 2. The third-order valence-corrected chi connectivity index (χ3v) is 4.57. The fraction of sp³-hybridized carbons (Fsp3) is 0.167. The van der Waals surface area contributed by atoms with E-state index in [0.29, 0.717) is 22.9 Å². The number of urea groups is 1. The molecule has 0 aliphatic carbocycles. The van der Waals surface area contributed by atoms with Gasteiger partial charge in [-0.05, 0) is 54.1 Å². The van der Waals surface area contributed by atoms with E-state index in [2.05, 4.69) is 16.0 Å². The van der Waals surface area contributed by atoms with Crippen LogP contribution >= 0.6 is 0 Å². The Hall–Kier alpha value is -4.20. The number of nitrogens with one attached hydrogen (secondary N) is 3. The van der Waals surface area contributed by atoms with Gasteiger partial charge < -0.3 is 24.8 Å². The number of hydrogen-bond acceptors (Lipinski definition) is 5. The number of amides is 3. The molecule has 1 atom stereocenters. The molecule has 0 radical (unpaired) electrons. The summed E-state index contributed by atoms with van der Waals surface area (Å²) in [4.78, 5) is 24.8. The van der Waals surface area contributed by atoms with Crippen LogP contribution in [0.4, 0.5) is 21.0 Å². The van der Waals surface area contributed by atoms with Crippen LogP contribution in [0.2, 0.25) is 0 Å². The summed E-state index contributed by atoms with van der Waals surface area (Å²) < 4.78 is 15.6. The highest BCUT2D eigenvalue weighted by molar-refractivity contribution is 5.89. The molecule has 0 heterocycles. The molecule has 0 saturated carbocycles. The normalized spacial score (nSPS) is 11.1. The zero-order chi connectivity index (χ0) is 22.8. The molecule has 8 nitrogen and oxygen atoms in total. The van der Waals surface area contributed by atoms with Crippen molar-refractivity contribution in [2.45, 2.75) is 6.04 Å². The number of benzene rings is 3. The molecule has 166 valence electrons. The van der Waals surface area contributed by atoms with E-state index in [0.717, 1.165) is 5.56 Å². The van der Waals surface area contributed by atoms with Gasteiger partial charge in [0.1, 0.15) is 18.1 Å². The van der Waals surface area contributed by atoms with E-state index in [4.69, 9.17) is 14.2 Å². The fourth-order valence-corrected chi connectivity index (χ4v) is 2.89. The van der Waals surface area contributed by atoms with Gasteiger partial charge in [-0.15, -0.1) is 0 Å². The maximum Gasteiger partial charge on any atom is 0.411 e. The SMILES string of the molecule is COc1ccc(NC(=O)N[C@@H](COC(=O)Nc2ccc(OC)cc2)c2ccccc2)cc1. The Morgan fingerprint density at radius 1 is 0.750 bits per heavy atom. The minimum Gasteiger partial charge on any atom is -0.497 e. The van der Waals surface area contributed by atoms with Crippen LogP contribution in [0, 0.1) is 0 Å². The van der Waals surface area contributed by atoms with Crippen LogP contribution < -0.4 is 25.4 Å². The number of carbonyl (C=O) groups is 2. The number of rotatable bonds is 8. The van der Waals surface area contributed by atoms with Crippen LogP contribution in [0.5, 0.6) is 11.5 Å². The van der Waals surface area contributed by atoms with Crippen molar-refractivity contribution in [1.82, 2.24) is 5.32 Å². The Bertz CT molecular complexity index is 1010. The third-order valence-electron chi connectivity index (χ3n) is 4.57. The van der Waals surface area contributed by atoms with Crippen LogP contribution in [0.25, 0.3) is 0 Å². The molecule has 3 N–H and O–H groups in total. The molecule has 0 saturated heterocycles. The summed E-state index contributed by atoms with van der Waals surface area (Å²) in [7, 11) is 3.14. The maximum absolute atomic E-state index is 12.5. The van der Waals surface area contributed by atoms with Gasteiger partial charge in [0.2, 0.25) is 0 Å². The molecule has 3 amide bonds. The van der Waals surface area contributed by atoms with E-state index in [-0.39, 0.29) is 6.61 Å². The molecular weight excluding hydrogens is 410 g/mol. The smallest absolute Gasteiger partial charge is 0.411 e. The first-order valence-electron chi connectivity index (χ1n) is 9.91. The van der Waals surface area contributed by atoms with Gasteiger partial charge in [0.15, 0.2) is 0 Å². The van der Waals surface area contributed by atoms with Crippen LogP contribution in [0.3, 0.4) is 0 Å². The molecule has 0 fully saturated rings. The molecule has 32 heavy (non-hydrogen) atoms. The quantitative estimate of drug-likeness (QED) is 0.471. The molecular formula is C24H25N3O5. The largest absolute Gasteiger partial charge is 0.497 e. The third kappa shape index (κ3) is 6.66. The summed E-state index contributed by atoms with van der Waals surface area (Å²) in [6.45, 7) is -0.0535. The lowest BCUT2D eigenvalue weighted by molar-refractivity contribution is 0.149. The fourth-order valence-electron chi connectivity index (χ4n) is 2.89. The highest BCUT2D eigenvalue weighted by Crippen LogP contribution is 2.18. The summed E-state index contributed by atoms with van der Waals surface area (Å²) >= 11 is 0. The maximum atomic E-state index is 12.5. The van der Waals surface area contributed by atoms with E-state index >= 15 is 0 Å². The Balaban J connectivity index is 1.59. The van der Waals surface area contributed by atoms with Crippen molar-refractivity contribution in [2.24, 2.45) is 0 Å². The lowest BCUT2D eigenvalue weighted by atomic mass is 10.1. The molecule has 0 aliphatic rings. The minimum atomic E-state index is -0.631. The van der Waals surface area contributed by atoms with E-state index in [9.17, 15) is 9.59 Å². The van der Waals surface area contributed by atoms with Gasteiger partial charge in [-0.2, -0.15) is 0 Å². The van der Waals surface area contributed by atoms with Gasteiger partial charge in [0, 0.05) is 11.4 Å². The monoisotopic (exact) mass is 435 g/mol. The Morgan fingerprint density at radius 3 is 1.81 bits per heavy atom. The molecule has 0 spiro atoms. The summed E-state index contributed by atoms with van der Waals surface area (Å²) in [6.07, 6.45) is -0.631. The second-order valence-electron chi connectivity index (χ2n) is 6.74. The van der Waals surface area contributed by atoms with Crippen LogP contribution in [0.15, 0.2) is 78.9 Å². The van der Waals surface area contributed by atoms with E-state index in [1.165, 1.54) is 0 Å². The van der Waals surface area contributed by atoms with Gasteiger partial charge in [0.25, 0.3) is 0 Å². The second-order valence-corrected chi connectivity index (χ2v) is 6.74. The topological polar surface area (TPSA) is 97.9 Å². The standard InChI is InChI=1S/C24H25N3O5/c1-30-20-12-8-18(9-13-20)25-23(28)27-22(17-6-4-3-5-7-17)16-32-24(29)26-19-10-14-21(31-2)15-11-19/h3-15,22H,16H2,1-2H3,(H,26,29)(H2,25,27,28)/t22-/m0/s1. The van der Waals surface area contributed by atoms with Crippen molar-refractivity contribution in [1.29, 1.82) is 0 Å². The highest BCUT2D eigenvalue weighted by Gasteiger charge is 2.17.